The van der Waals surface area contributed by atoms with Gasteiger partial charge in [0, 0.05) is 28.7 Å². The zero-order chi connectivity index (χ0) is 19.4. The summed E-state index contributed by atoms with van der Waals surface area (Å²) in [5.74, 6) is 0. The Kier molecular flexibility index (Phi) is 4.00. The van der Waals surface area contributed by atoms with Gasteiger partial charge in [0.05, 0.1) is 13.8 Å². The maximum Gasteiger partial charge on any atom is 0.227 e. The summed E-state index contributed by atoms with van der Waals surface area (Å²) in [6.45, 7) is 13.8. The Morgan fingerprint density at radius 2 is 1.70 bits per heavy atom. The van der Waals surface area contributed by atoms with Crippen LogP contribution in [0.3, 0.4) is 0 Å². The minimum Gasteiger partial charge on any atom is -0.437 e. The van der Waals surface area contributed by atoms with E-state index < -0.39 is 8.07 Å². The third-order valence-electron chi connectivity index (χ3n) is 5.11. The van der Waals surface area contributed by atoms with E-state index in [0.29, 0.717) is 5.71 Å². The van der Waals surface area contributed by atoms with Crippen molar-refractivity contribution in [3.8, 4) is 11.3 Å². The first kappa shape index (κ1) is 17.9. The van der Waals surface area contributed by atoms with E-state index in [1.54, 1.807) is 6.20 Å². The fraction of sp³-hybridized carbons (Fsp3) is 0.304. The number of pyridine rings is 2. The summed E-state index contributed by atoms with van der Waals surface area (Å²) in [5.41, 5.74) is 4.94. The highest BCUT2D eigenvalue weighted by Crippen LogP contribution is 2.35. The number of fused-ring (bicyclic) bond motifs is 3. The Morgan fingerprint density at radius 1 is 0.926 bits per heavy atom. The summed E-state index contributed by atoms with van der Waals surface area (Å²) >= 11 is 0. The smallest absolute Gasteiger partial charge is 0.227 e. The van der Waals surface area contributed by atoms with Gasteiger partial charge in [0.25, 0.3) is 0 Å². The molecule has 3 heterocycles. The van der Waals surface area contributed by atoms with Gasteiger partial charge in [-0.2, -0.15) is 0 Å². The van der Waals surface area contributed by atoms with Crippen molar-refractivity contribution in [2.45, 2.75) is 45.8 Å². The summed E-state index contributed by atoms with van der Waals surface area (Å²) < 4.78 is 6.27. The van der Waals surface area contributed by atoms with Gasteiger partial charge in [0.2, 0.25) is 5.71 Å². The first-order valence-electron chi connectivity index (χ1n) is 9.44. The van der Waals surface area contributed by atoms with Crippen LogP contribution in [0.5, 0.6) is 0 Å². The molecule has 0 aliphatic carbocycles. The predicted octanol–water partition coefficient (Wildman–Crippen LogP) is 5.89. The number of aromatic nitrogens is 2. The predicted molar refractivity (Wildman–Crippen MR) is 116 cm³/mol. The van der Waals surface area contributed by atoms with E-state index in [9.17, 15) is 0 Å². The molecule has 1 aromatic carbocycles. The van der Waals surface area contributed by atoms with Crippen molar-refractivity contribution in [1.82, 2.24) is 9.97 Å². The molecule has 0 unspecified atom stereocenters. The number of nitrogens with zero attached hydrogens (tertiary/aromatic N) is 2. The Bertz CT molecular complexity index is 1150. The molecule has 0 N–H and O–H groups in total. The van der Waals surface area contributed by atoms with Gasteiger partial charge in [0.15, 0.2) is 0 Å². The molecule has 4 rings (SSSR count). The molecular formula is C23H26N2OSi. The molecule has 0 fully saturated rings. The lowest BCUT2D eigenvalue weighted by Crippen LogP contribution is -2.37. The maximum atomic E-state index is 6.27. The second-order valence-electron chi connectivity index (χ2n) is 9.25. The molecule has 0 saturated carbocycles. The lowest BCUT2D eigenvalue weighted by molar-refractivity contribution is 0.589. The van der Waals surface area contributed by atoms with E-state index in [-0.39, 0.29) is 5.41 Å². The lowest BCUT2D eigenvalue weighted by atomic mass is 9.87. The molecule has 4 heteroatoms. The SMILES string of the molecule is CC(C)(C)c1ccnc(-c2ccc([Si](C)(C)C)c3c2oc2ncccc23)c1. The zero-order valence-electron chi connectivity index (χ0n) is 16.9. The van der Waals surface area contributed by atoms with Crippen molar-refractivity contribution in [2.75, 3.05) is 0 Å². The first-order valence-corrected chi connectivity index (χ1v) is 12.9. The Morgan fingerprint density at radius 3 is 2.41 bits per heavy atom. The van der Waals surface area contributed by atoms with Crippen LogP contribution in [0.1, 0.15) is 26.3 Å². The first-order chi connectivity index (χ1) is 12.7. The molecule has 3 aromatic heterocycles. The van der Waals surface area contributed by atoms with Gasteiger partial charge in [-0.3, -0.25) is 4.98 Å². The molecule has 0 atom stereocenters. The number of hydrogen-bond donors (Lipinski definition) is 0. The molecule has 0 aliphatic heterocycles. The summed E-state index contributed by atoms with van der Waals surface area (Å²) in [5, 5.41) is 3.71. The fourth-order valence-corrected chi connectivity index (χ4v) is 5.17. The number of hydrogen-bond acceptors (Lipinski definition) is 3. The molecule has 138 valence electrons. The highest BCUT2D eigenvalue weighted by atomic mass is 28.3. The average Bonchev–Trinajstić information content (AvgIpc) is 2.99. The summed E-state index contributed by atoms with van der Waals surface area (Å²) in [6, 6.07) is 12.8. The average molecular weight is 375 g/mol. The minimum absolute atomic E-state index is 0.0739. The molecule has 27 heavy (non-hydrogen) atoms. The van der Waals surface area contributed by atoms with E-state index >= 15 is 0 Å². The monoisotopic (exact) mass is 374 g/mol. The quantitative estimate of drug-likeness (QED) is 0.411. The molecule has 4 aromatic rings. The van der Waals surface area contributed by atoms with Crippen LogP contribution in [0, 0.1) is 0 Å². The molecule has 0 aliphatic rings. The van der Waals surface area contributed by atoms with Gasteiger partial charge in [-0.05, 0) is 46.5 Å². The molecule has 3 nitrogen and oxygen atoms in total. The van der Waals surface area contributed by atoms with E-state index in [4.69, 9.17) is 4.42 Å². The van der Waals surface area contributed by atoms with Crippen molar-refractivity contribution in [2.24, 2.45) is 0 Å². The highest BCUT2D eigenvalue weighted by molar-refractivity contribution is 6.90. The lowest BCUT2D eigenvalue weighted by Gasteiger charge is -2.20. The topological polar surface area (TPSA) is 38.9 Å². The summed E-state index contributed by atoms with van der Waals surface area (Å²) in [6.07, 6.45) is 3.69. The summed E-state index contributed by atoms with van der Waals surface area (Å²) in [4.78, 5) is 9.13. The molecule has 0 saturated heterocycles. The maximum absolute atomic E-state index is 6.27. The van der Waals surface area contributed by atoms with Crippen LogP contribution in [-0.4, -0.2) is 18.0 Å². The van der Waals surface area contributed by atoms with Gasteiger partial charge >= 0.3 is 0 Å². The van der Waals surface area contributed by atoms with Crippen molar-refractivity contribution in [3.05, 3.63) is 54.4 Å². The molecule has 0 bridgehead atoms. The largest absolute Gasteiger partial charge is 0.437 e. The van der Waals surface area contributed by atoms with E-state index in [1.165, 1.54) is 16.1 Å². The van der Waals surface area contributed by atoms with Crippen LogP contribution in [0.15, 0.2) is 53.2 Å². The van der Waals surface area contributed by atoms with Gasteiger partial charge in [-0.1, -0.05) is 46.5 Å². The Labute approximate surface area is 161 Å². The van der Waals surface area contributed by atoms with Gasteiger partial charge in [-0.25, -0.2) is 4.98 Å². The van der Waals surface area contributed by atoms with Crippen molar-refractivity contribution < 1.29 is 4.42 Å². The second kappa shape index (κ2) is 6.03. The minimum atomic E-state index is -1.55. The van der Waals surface area contributed by atoms with E-state index in [0.717, 1.165) is 22.2 Å². The van der Waals surface area contributed by atoms with Gasteiger partial charge < -0.3 is 4.42 Å². The van der Waals surface area contributed by atoms with Crippen LogP contribution in [0.25, 0.3) is 33.3 Å². The Balaban J connectivity index is 2.07. The standard InChI is InChI=1S/C23H26N2OSi/c1-23(2,3)15-11-13-24-18(14-15)16-9-10-19(27(4,5)6)20-17-8-7-12-25-22(17)26-21(16)20/h7-14H,1-6H3. The zero-order valence-corrected chi connectivity index (χ0v) is 17.9. The van der Waals surface area contributed by atoms with Crippen LogP contribution < -0.4 is 5.19 Å². The fourth-order valence-electron chi connectivity index (χ4n) is 3.59. The van der Waals surface area contributed by atoms with Crippen LogP contribution in [-0.2, 0) is 5.41 Å². The second-order valence-corrected chi connectivity index (χ2v) is 14.3. The molecule has 0 spiro atoms. The molecule has 0 radical (unpaired) electrons. The summed E-state index contributed by atoms with van der Waals surface area (Å²) in [7, 11) is -1.55. The van der Waals surface area contributed by atoms with Crippen LogP contribution >= 0.6 is 0 Å². The van der Waals surface area contributed by atoms with Crippen LogP contribution in [0.2, 0.25) is 19.6 Å². The normalized spacial score (nSPS) is 12.8. The number of rotatable bonds is 2. The molecular weight excluding hydrogens is 348 g/mol. The number of benzene rings is 1. The van der Waals surface area contributed by atoms with E-state index in [1.807, 2.05) is 12.3 Å². The highest BCUT2D eigenvalue weighted by Gasteiger charge is 2.25. The van der Waals surface area contributed by atoms with Crippen molar-refractivity contribution >= 4 is 35.3 Å². The van der Waals surface area contributed by atoms with Crippen molar-refractivity contribution in [1.29, 1.82) is 0 Å². The molecule has 0 amide bonds. The third-order valence-corrected chi connectivity index (χ3v) is 7.14. The van der Waals surface area contributed by atoms with Crippen LogP contribution in [0.4, 0.5) is 0 Å². The van der Waals surface area contributed by atoms with Crippen molar-refractivity contribution in [3.63, 3.8) is 0 Å². The van der Waals surface area contributed by atoms with E-state index in [2.05, 4.69) is 80.7 Å². The number of furan rings is 1. The third kappa shape index (κ3) is 3.08. The van der Waals surface area contributed by atoms with Gasteiger partial charge in [-0.15, -0.1) is 0 Å². The Hall–Kier alpha value is -2.46. The van der Waals surface area contributed by atoms with Gasteiger partial charge in [0.1, 0.15) is 5.58 Å².